The molecule has 3 rings (SSSR count). The van der Waals surface area contributed by atoms with E-state index in [1.54, 1.807) is 13.1 Å². The quantitative estimate of drug-likeness (QED) is 0.398. The normalized spacial score (nSPS) is 16.5. The third kappa shape index (κ3) is 5.32. The highest BCUT2D eigenvalue weighted by Crippen LogP contribution is 2.12. The lowest BCUT2D eigenvalue weighted by atomic mass is 10.3. The number of sulfonamides is 1. The molecule has 1 aliphatic heterocycles. The molecule has 1 saturated heterocycles. The highest BCUT2D eigenvalue weighted by molar-refractivity contribution is 7.88. The molecule has 0 aliphatic carbocycles. The summed E-state index contributed by atoms with van der Waals surface area (Å²) in [6, 6.07) is 1.57. The number of guanidine groups is 1. The average molecular weight is 410 g/mol. The van der Waals surface area contributed by atoms with Gasteiger partial charge in [0.25, 0.3) is 0 Å². The number of aromatic nitrogens is 3. The van der Waals surface area contributed by atoms with Crippen molar-refractivity contribution in [1.29, 1.82) is 0 Å². The molecule has 1 fully saturated rings. The van der Waals surface area contributed by atoms with E-state index in [1.165, 1.54) is 10.6 Å². The van der Waals surface area contributed by atoms with Crippen LogP contribution in [-0.4, -0.2) is 78.3 Å². The first-order chi connectivity index (χ1) is 13.5. The van der Waals surface area contributed by atoms with Crippen molar-refractivity contribution in [2.24, 2.45) is 4.99 Å². The first kappa shape index (κ1) is 20.3. The van der Waals surface area contributed by atoms with Gasteiger partial charge < -0.3 is 14.7 Å². The first-order valence-electron chi connectivity index (χ1n) is 9.29. The summed E-state index contributed by atoms with van der Waals surface area (Å²) in [5.41, 5.74) is 1.58. The van der Waals surface area contributed by atoms with Crippen LogP contribution < -0.4 is 5.32 Å². The summed E-state index contributed by atoms with van der Waals surface area (Å²) >= 11 is 0. The van der Waals surface area contributed by atoms with Gasteiger partial charge in [0.1, 0.15) is 12.0 Å². The molecule has 10 nitrogen and oxygen atoms in total. The lowest BCUT2D eigenvalue weighted by Gasteiger charge is -2.35. The Labute approximate surface area is 165 Å². The second kappa shape index (κ2) is 9.20. The molecule has 1 N–H and O–H groups in total. The predicted octanol–water partition coefficient (Wildman–Crippen LogP) is 0.293. The molecule has 0 unspecified atom stereocenters. The molecule has 0 spiro atoms. The summed E-state index contributed by atoms with van der Waals surface area (Å²) < 4.78 is 33.2. The number of hydrogen-bond donors (Lipinski definition) is 1. The smallest absolute Gasteiger partial charge is 0.220 e. The summed E-state index contributed by atoms with van der Waals surface area (Å²) in [6.45, 7) is 5.67. The van der Waals surface area contributed by atoms with Crippen molar-refractivity contribution in [2.45, 2.75) is 25.6 Å². The second-order valence-corrected chi connectivity index (χ2v) is 8.71. The SMILES string of the molecule is CN=C(NCCCn1cc(C)cn1)N1CCN(S(=O)(=O)Cc2ccon2)CC1. The van der Waals surface area contributed by atoms with Crippen LogP contribution in [-0.2, 0) is 22.3 Å². The summed E-state index contributed by atoms with van der Waals surface area (Å²) in [5.74, 6) is 0.661. The largest absolute Gasteiger partial charge is 0.364 e. The molecule has 0 aromatic carbocycles. The number of aliphatic imine (C=N–C) groups is 1. The zero-order valence-corrected chi connectivity index (χ0v) is 17.1. The van der Waals surface area contributed by atoms with Crippen LogP contribution in [0, 0.1) is 6.92 Å². The minimum Gasteiger partial charge on any atom is -0.364 e. The Bertz CT molecular complexity index is 868. The second-order valence-electron chi connectivity index (χ2n) is 6.74. The van der Waals surface area contributed by atoms with Crippen molar-refractivity contribution < 1.29 is 12.9 Å². The van der Waals surface area contributed by atoms with Gasteiger partial charge in [-0.05, 0) is 18.9 Å². The van der Waals surface area contributed by atoms with Crippen LogP contribution in [0.1, 0.15) is 17.7 Å². The van der Waals surface area contributed by atoms with E-state index in [2.05, 4.69) is 25.5 Å². The van der Waals surface area contributed by atoms with Crippen molar-refractivity contribution in [3.05, 3.63) is 36.0 Å². The lowest BCUT2D eigenvalue weighted by molar-refractivity contribution is 0.259. The van der Waals surface area contributed by atoms with E-state index in [4.69, 9.17) is 4.52 Å². The third-order valence-corrected chi connectivity index (χ3v) is 6.39. The van der Waals surface area contributed by atoms with Crippen LogP contribution in [0.15, 0.2) is 34.2 Å². The molecule has 0 amide bonds. The molecule has 1 aliphatic rings. The Kier molecular flexibility index (Phi) is 6.68. The maximum absolute atomic E-state index is 12.5. The number of nitrogens with zero attached hydrogens (tertiary/aromatic N) is 6. The molecule has 0 bridgehead atoms. The van der Waals surface area contributed by atoms with Gasteiger partial charge >= 0.3 is 0 Å². The Morgan fingerprint density at radius 2 is 2.11 bits per heavy atom. The molecule has 3 heterocycles. The van der Waals surface area contributed by atoms with E-state index in [0.717, 1.165) is 31.0 Å². The minimum absolute atomic E-state index is 0.136. The van der Waals surface area contributed by atoms with Gasteiger partial charge in [0.05, 0.1) is 11.9 Å². The summed E-state index contributed by atoms with van der Waals surface area (Å²) in [6.07, 6.45) is 6.17. The molecule has 2 aromatic heterocycles. The number of piperazine rings is 1. The summed E-state index contributed by atoms with van der Waals surface area (Å²) in [7, 11) is -1.65. The van der Waals surface area contributed by atoms with Gasteiger partial charge in [-0.1, -0.05) is 5.16 Å². The molecule has 2 aromatic rings. The Hall–Kier alpha value is -2.40. The Balaban J connectivity index is 1.43. The lowest BCUT2D eigenvalue weighted by Crippen LogP contribution is -2.54. The predicted molar refractivity (Wildman–Crippen MR) is 105 cm³/mol. The number of aryl methyl sites for hydroxylation is 2. The number of hydrogen-bond acceptors (Lipinski definition) is 6. The fraction of sp³-hybridized carbons (Fsp3) is 0.588. The molecule has 154 valence electrons. The van der Waals surface area contributed by atoms with Crippen molar-refractivity contribution in [1.82, 2.24) is 29.5 Å². The average Bonchev–Trinajstić information content (AvgIpc) is 3.33. The van der Waals surface area contributed by atoms with Crippen LogP contribution in [0.5, 0.6) is 0 Å². The van der Waals surface area contributed by atoms with E-state index in [9.17, 15) is 8.42 Å². The van der Waals surface area contributed by atoms with E-state index >= 15 is 0 Å². The fourth-order valence-corrected chi connectivity index (χ4v) is 4.56. The van der Waals surface area contributed by atoms with Gasteiger partial charge in [0.15, 0.2) is 5.96 Å². The molecular weight excluding hydrogens is 382 g/mol. The Morgan fingerprint density at radius 1 is 1.32 bits per heavy atom. The molecule has 0 saturated carbocycles. The fourth-order valence-electron chi connectivity index (χ4n) is 3.13. The zero-order chi connectivity index (χ0) is 20.0. The van der Waals surface area contributed by atoms with Crippen molar-refractivity contribution in [2.75, 3.05) is 39.8 Å². The first-order valence-corrected chi connectivity index (χ1v) is 10.9. The van der Waals surface area contributed by atoms with Crippen LogP contribution in [0.3, 0.4) is 0 Å². The summed E-state index contributed by atoms with van der Waals surface area (Å²) in [5, 5.41) is 11.3. The standard InChI is InChI=1S/C17H27N7O3S/c1-15-12-20-23(13-15)6-3-5-19-17(18-2)22-7-9-24(10-8-22)28(25,26)14-16-4-11-27-21-16/h4,11-13H,3,5-10,14H2,1-2H3,(H,18,19). The van der Waals surface area contributed by atoms with Gasteiger partial charge in [-0.3, -0.25) is 9.67 Å². The van der Waals surface area contributed by atoms with E-state index < -0.39 is 10.0 Å². The minimum atomic E-state index is -3.40. The maximum Gasteiger partial charge on any atom is 0.220 e. The highest BCUT2D eigenvalue weighted by atomic mass is 32.2. The molecule has 28 heavy (non-hydrogen) atoms. The van der Waals surface area contributed by atoms with Gasteiger partial charge in [-0.15, -0.1) is 0 Å². The monoisotopic (exact) mass is 409 g/mol. The van der Waals surface area contributed by atoms with Gasteiger partial charge in [0.2, 0.25) is 10.0 Å². The summed E-state index contributed by atoms with van der Waals surface area (Å²) in [4.78, 5) is 6.41. The molecule has 0 atom stereocenters. The van der Waals surface area contributed by atoms with Gasteiger partial charge in [0, 0.05) is 58.6 Å². The number of rotatable bonds is 7. The van der Waals surface area contributed by atoms with Crippen LogP contribution in [0.2, 0.25) is 0 Å². The van der Waals surface area contributed by atoms with E-state index in [0.29, 0.717) is 31.9 Å². The van der Waals surface area contributed by atoms with Crippen LogP contribution >= 0.6 is 0 Å². The van der Waals surface area contributed by atoms with E-state index in [-0.39, 0.29) is 5.75 Å². The van der Waals surface area contributed by atoms with Crippen molar-refractivity contribution in [3.63, 3.8) is 0 Å². The molecular formula is C17H27N7O3S. The topological polar surface area (TPSA) is 109 Å². The highest BCUT2D eigenvalue weighted by Gasteiger charge is 2.28. The molecule has 0 radical (unpaired) electrons. The maximum atomic E-state index is 12.5. The van der Waals surface area contributed by atoms with Gasteiger partial charge in [-0.2, -0.15) is 9.40 Å². The van der Waals surface area contributed by atoms with Crippen molar-refractivity contribution >= 4 is 16.0 Å². The Morgan fingerprint density at radius 3 is 2.71 bits per heavy atom. The molecule has 11 heteroatoms. The third-order valence-electron chi connectivity index (χ3n) is 4.57. The number of nitrogens with one attached hydrogen (secondary N) is 1. The van der Waals surface area contributed by atoms with Crippen molar-refractivity contribution in [3.8, 4) is 0 Å². The zero-order valence-electron chi connectivity index (χ0n) is 16.3. The van der Waals surface area contributed by atoms with Gasteiger partial charge in [-0.25, -0.2) is 8.42 Å². The van der Waals surface area contributed by atoms with E-state index in [1.807, 2.05) is 24.0 Å². The van der Waals surface area contributed by atoms with Crippen LogP contribution in [0.25, 0.3) is 0 Å². The van der Waals surface area contributed by atoms with Crippen LogP contribution in [0.4, 0.5) is 0 Å².